The molecule has 0 radical (unpaired) electrons. The van der Waals surface area contributed by atoms with Crippen molar-refractivity contribution < 1.29 is 14.3 Å². The lowest BCUT2D eigenvalue weighted by molar-refractivity contribution is -0.126. The fourth-order valence-electron chi connectivity index (χ4n) is 4.04. The van der Waals surface area contributed by atoms with Crippen molar-refractivity contribution in [3.63, 3.8) is 0 Å². The van der Waals surface area contributed by atoms with Gasteiger partial charge in [-0.25, -0.2) is 4.98 Å². The second-order valence-corrected chi connectivity index (χ2v) is 8.33. The summed E-state index contributed by atoms with van der Waals surface area (Å²) < 4.78 is 5.17. The average Bonchev–Trinajstić information content (AvgIpc) is 3.49. The zero-order valence-electron chi connectivity index (χ0n) is 19.2. The van der Waals surface area contributed by atoms with E-state index in [1.165, 1.54) is 0 Å². The maximum Gasteiger partial charge on any atom is 0.227 e. The number of nitrogens with zero attached hydrogens (tertiary/aromatic N) is 3. The number of benzene rings is 2. The number of methoxy groups -OCH3 is 1. The lowest BCUT2D eigenvalue weighted by Crippen LogP contribution is -2.33. The van der Waals surface area contributed by atoms with Crippen LogP contribution >= 0.6 is 0 Å². The van der Waals surface area contributed by atoms with Gasteiger partial charge in [0.05, 0.1) is 19.6 Å². The van der Waals surface area contributed by atoms with Crippen LogP contribution in [-0.4, -0.2) is 40.7 Å². The van der Waals surface area contributed by atoms with Crippen molar-refractivity contribution in [1.29, 1.82) is 0 Å². The summed E-state index contributed by atoms with van der Waals surface area (Å²) in [6, 6.07) is 15.4. The van der Waals surface area contributed by atoms with Gasteiger partial charge in [0, 0.05) is 24.2 Å². The highest BCUT2D eigenvalue weighted by Crippen LogP contribution is 2.33. The number of H-pyrrole nitrogens is 1. The number of carbonyl (C=O) groups is 2. The van der Waals surface area contributed by atoms with Gasteiger partial charge < -0.3 is 15.0 Å². The van der Waals surface area contributed by atoms with Gasteiger partial charge in [-0.1, -0.05) is 32.0 Å². The highest BCUT2D eigenvalue weighted by atomic mass is 16.5. The Hall–Kier alpha value is -3.68. The normalized spacial score (nSPS) is 16.6. The first-order valence-electron chi connectivity index (χ1n) is 11.2. The Kier molecular flexibility index (Phi) is 6.72. The van der Waals surface area contributed by atoms with E-state index in [-0.39, 0.29) is 24.8 Å². The SMILES string of the molecule is CCC(C)c1ccccc1N1CC(C(=O)NCc2nc(-c3ccc(OC)cc3)n[nH]2)CC1=O. The lowest BCUT2D eigenvalue weighted by Gasteiger charge is -2.23. The number of rotatable bonds is 8. The Morgan fingerprint density at radius 3 is 2.73 bits per heavy atom. The highest BCUT2D eigenvalue weighted by Gasteiger charge is 2.36. The monoisotopic (exact) mass is 447 g/mol. The standard InChI is InChI=1S/C25H29N5O3/c1-4-16(2)20-7-5-6-8-21(20)30-15-18(13-23(30)31)25(32)26-14-22-27-24(29-28-22)17-9-11-19(33-3)12-10-17/h5-12,16,18H,4,13-15H2,1-3H3,(H,26,32)(H,27,28,29). The molecule has 3 aromatic rings. The molecule has 1 saturated heterocycles. The number of hydrogen-bond donors (Lipinski definition) is 2. The molecular weight excluding hydrogens is 418 g/mol. The maximum absolute atomic E-state index is 12.8. The highest BCUT2D eigenvalue weighted by molar-refractivity contribution is 6.00. The minimum Gasteiger partial charge on any atom is -0.497 e. The first-order valence-corrected chi connectivity index (χ1v) is 11.2. The second kappa shape index (κ2) is 9.85. The number of carbonyl (C=O) groups excluding carboxylic acids is 2. The molecule has 2 atom stereocenters. The van der Waals surface area contributed by atoms with Crippen molar-refractivity contribution in [3.05, 3.63) is 59.9 Å². The lowest BCUT2D eigenvalue weighted by atomic mass is 9.96. The van der Waals surface area contributed by atoms with Crippen LogP contribution in [-0.2, 0) is 16.1 Å². The first-order chi connectivity index (χ1) is 16.0. The zero-order chi connectivity index (χ0) is 23.4. The summed E-state index contributed by atoms with van der Waals surface area (Å²) in [4.78, 5) is 31.7. The minimum absolute atomic E-state index is 0.0210. The topological polar surface area (TPSA) is 100 Å². The third kappa shape index (κ3) is 4.89. The molecule has 2 aromatic carbocycles. The number of anilines is 1. The van der Waals surface area contributed by atoms with Crippen molar-refractivity contribution in [3.8, 4) is 17.1 Å². The Balaban J connectivity index is 1.37. The van der Waals surface area contributed by atoms with Crippen LogP contribution in [0, 0.1) is 5.92 Å². The molecule has 8 nitrogen and oxygen atoms in total. The molecule has 8 heteroatoms. The Bertz CT molecular complexity index is 1130. The molecule has 0 spiro atoms. The molecule has 0 bridgehead atoms. The summed E-state index contributed by atoms with van der Waals surface area (Å²) >= 11 is 0. The number of hydrogen-bond acceptors (Lipinski definition) is 5. The molecule has 172 valence electrons. The summed E-state index contributed by atoms with van der Waals surface area (Å²) in [5, 5.41) is 9.98. The van der Waals surface area contributed by atoms with Crippen LogP contribution in [0.4, 0.5) is 5.69 Å². The van der Waals surface area contributed by atoms with Crippen LogP contribution in [0.25, 0.3) is 11.4 Å². The van der Waals surface area contributed by atoms with Crippen molar-refractivity contribution in [2.24, 2.45) is 5.92 Å². The molecule has 2 N–H and O–H groups in total. The van der Waals surface area contributed by atoms with Crippen LogP contribution in [0.3, 0.4) is 0 Å². The quantitative estimate of drug-likeness (QED) is 0.549. The number of amides is 2. The Morgan fingerprint density at radius 1 is 1.24 bits per heavy atom. The molecule has 1 fully saturated rings. The van der Waals surface area contributed by atoms with Gasteiger partial charge in [-0.15, -0.1) is 0 Å². The molecule has 2 heterocycles. The largest absolute Gasteiger partial charge is 0.497 e. The molecule has 0 saturated carbocycles. The summed E-state index contributed by atoms with van der Waals surface area (Å²) in [5.74, 6) is 1.62. The van der Waals surface area contributed by atoms with Crippen LogP contribution in [0.15, 0.2) is 48.5 Å². The zero-order valence-corrected chi connectivity index (χ0v) is 19.2. The van der Waals surface area contributed by atoms with Crippen LogP contribution in [0.5, 0.6) is 5.75 Å². The summed E-state index contributed by atoms with van der Waals surface area (Å²) in [6.45, 7) is 4.88. The number of aromatic amines is 1. The van der Waals surface area contributed by atoms with Crippen LogP contribution in [0.1, 0.15) is 44.0 Å². The fourth-order valence-corrected chi connectivity index (χ4v) is 4.04. The maximum atomic E-state index is 12.8. The third-order valence-corrected chi connectivity index (χ3v) is 6.18. The van der Waals surface area contributed by atoms with Gasteiger partial charge in [0.15, 0.2) is 5.82 Å². The number of nitrogens with one attached hydrogen (secondary N) is 2. The van der Waals surface area contributed by atoms with Gasteiger partial charge in [0.25, 0.3) is 0 Å². The minimum atomic E-state index is -0.397. The van der Waals surface area contributed by atoms with E-state index in [9.17, 15) is 9.59 Å². The first kappa shape index (κ1) is 22.5. The second-order valence-electron chi connectivity index (χ2n) is 8.33. The molecular formula is C25H29N5O3. The molecule has 2 unspecified atom stereocenters. The molecule has 2 amide bonds. The Labute approximate surface area is 193 Å². The van der Waals surface area contributed by atoms with E-state index < -0.39 is 5.92 Å². The Morgan fingerprint density at radius 2 is 2.00 bits per heavy atom. The van der Waals surface area contributed by atoms with Gasteiger partial charge >= 0.3 is 0 Å². The molecule has 1 aliphatic rings. The summed E-state index contributed by atoms with van der Waals surface area (Å²) in [6.07, 6.45) is 1.19. The number of aromatic nitrogens is 3. The van der Waals surface area contributed by atoms with Gasteiger partial charge in [-0.05, 0) is 48.2 Å². The number of para-hydroxylation sites is 1. The summed E-state index contributed by atoms with van der Waals surface area (Å²) in [7, 11) is 1.62. The third-order valence-electron chi connectivity index (χ3n) is 6.18. The van der Waals surface area contributed by atoms with Crippen LogP contribution in [0.2, 0.25) is 0 Å². The average molecular weight is 448 g/mol. The van der Waals surface area contributed by atoms with Gasteiger partial charge in [0.1, 0.15) is 11.6 Å². The predicted octanol–water partition coefficient (Wildman–Crippen LogP) is 3.66. The van der Waals surface area contributed by atoms with E-state index in [4.69, 9.17) is 4.74 Å². The molecule has 33 heavy (non-hydrogen) atoms. The smallest absolute Gasteiger partial charge is 0.227 e. The van der Waals surface area contributed by atoms with E-state index >= 15 is 0 Å². The van der Waals surface area contributed by atoms with E-state index in [1.807, 2.05) is 42.5 Å². The van der Waals surface area contributed by atoms with Gasteiger partial charge in [-0.2, -0.15) is 5.10 Å². The van der Waals surface area contributed by atoms with Crippen molar-refractivity contribution >= 4 is 17.5 Å². The molecule has 0 aliphatic carbocycles. The van der Waals surface area contributed by atoms with E-state index in [2.05, 4.69) is 40.4 Å². The van der Waals surface area contributed by atoms with E-state index in [0.29, 0.717) is 24.1 Å². The summed E-state index contributed by atoms with van der Waals surface area (Å²) in [5.41, 5.74) is 2.90. The van der Waals surface area contributed by atoms with Gasteiger partial charge in [0.2, 0.25) is 11.8 Å². The molecule has 4 rings (SSSR count). The van der Waals surface area contributed by atoms with Crippen LogP contribution < -0.4 is 15.0 Å². The van der Waals surface area contributed by atoms with Crippen molar-refractivity contribution in [1.82, 2.24) is 20.5 Å². The fraction of sp³-hybridized carbons (Fsp3) is 0.360. The van der Waals surface area contributed by atoms with Gasteiger partial charge in [-0.3, -0.25) is 14.7 Å². The number of ether oxygens (including phenoxy) is 1. The van der Waals surface area contributed by atoms with E-state index in [0.717, 1.165) is 29.0 Å². The van der Waals surface area contributed by atoms with E-state index in [1.54, 1.807) is 12.0 Å². The molecule has 1 aliphatic heterocycles. The predicted molar refractivity (Wildman–Crippen MR) is 126 cm³/mol. The van der Waals surface area contributed by atoms with Crippen molar-refractivity contribution in [2.75, 3.05) is 18.6 Å². The molecule has 1 aromatic heterocycles. The van der Waals surface area contributed by atoms with Crippen molar-refractivity contribution in [2.45, 2.75) is 39.2 Å².